The van der Waals surface area contributed by atoms with Gasteiger partial charge in [0.05, 0.1) is 7.11 Å². The summed E-state index contributed by atoms with van der Waals surface area (Å²) in [6.07, 6.45) is 4.99. The number of H-pyrrole nitrogens is 1. The predicted molar refractivity (Wildman–Crippen MR) is 155 cm³/mol. The number of aromatic nitrogens is 4. The molecule has 0 amide bonds. The van der Waals surface area contributed by atoms with E-state index in [0.29, 0.717) is 12.5 Å². The van der Waals surface area contributed by atoms with E-state index >= 15 is 0 Å². The lowest BCUT2D eigenvalue weighted by molar-refractivity contribution is 0.312. The summed E-state index contributed by atoms with van der Waals surface area (Å²) in [6.45, 7) is 4.63. The van der Waals surface area contributed by atoms with Gasteiger partial charge in [0.1, 0.15) is 17.4 Å². The first-order valence-corrected chi connectivity index (χ1v) is 13.1. The first-order valence-electron chi connectivity index (χ1n) is 13.1. The van der Waals surface area contributed by atoms with Gasteiger partial charge in [-0.3, -0.25) is 0 Å². The zero-order valence-corrected chi connectivity index (χ0v) is 22.2. The van der Waals surface area contributed by atoms with Gasteiger partial charge in [0.15, 0.2) is 0 Å². The van der Waals surface area contributed by atoms with E-state index in [1.165, 1.54) is 21.9 Å². The average Bonchev–Trinajstić information content (AvgIpc) is 3.52. The summed E-state index contributed by atoms with van der Waals surface area (Å²) in [5.74, 6) is 3.21. The highest BCUT2D eigenvalue weighted by Crippen LogP contribution is 2.29. The molecule has 0 unspecified atom stereocenters. The average molecular weight is 511 g/mol. The van der Waals surface area contributed by atoms with Crippen LogP contribution in [-0.2, 0) is 13.5 Å². The Morgan fingerprint density at radius 1 is 0.974 bits per heavy atom. The molecule has 0 saturated carbocycles. The summed E-state index contributed by atoms with van der Waals surface area (Å²) in [5.41, 5.74) is 4.55. The van der Waals surface area contributed by atoms with Gasteiger partial charge < -0.3 is 34.7 Å². The van der Waals surface area contributed by atoms with E-state index in [1.807, 2.05) is 6.07 Å². The van der Waals surface area contributed by atoms with Crippen LogP contribution < -0.4 is 20.3 Å². The highest BCUT2D eigenvalue weighted by molar-refractivity contribution is 5.94. The van der Waals surface area contributed by atoms with Crippen molar-refractivity contribution in [1.82, 2.24) is 24.4 Å². The lowest BCUT2D eigenvalue weighted by Gasteiger charge is -2.33. The van der Waals surface area contributed by atoms with Crippen LogP contribution in [0.4, 0.5) is 23.3 Å². The fourth-order valence-corrected chi connectivity index (χ4v) is 5.12. The molecule has 3 N–H and O–H groups in total. The normalized spacial score (nSPS) is 14.3. The van der Waals surface area contributed by atoms with Crippen molar-refractivity contribution in [2.45, 2.75) is 6.42 Å². The van der Waals surface area contributed by atoms with Gasteiger partial charge in [-0.25, -0.2) is 0 Å². The van der Waals surface area contributed by atoms with E-state index in [9.17, 15) is 0 Å². The van der Waals surface area contributed by atoms with Crippen molar-refractivity contribution in [3.05, 3.63) is 66.5 Å². The lowest BCUT2D eigenvalue weighted by Crippen LogP contribution is -2.44. The van der Waals surface area contributed by atoms with Crippen molar-refractivity contribution in [2.24, 2.45) is 7.05 Å². The number of piperazine rings is 1. The quantitative estimate of drug-likeness (QED) is 0.281. The zero-order valence-electron chi connectivity index (χ0n) is 22.2. The monoisotopic (exact) mass is 510 g/mol. The molecule has 196 valence electrons. The molecule has 1 aliphatic rings. The van der Waals surface area contributed by atoms with Gasteiger partial charge in [-0.05, 0) is 55.4 Å². The van der Waals surface area contributed by atoms with Crippen LogP contribution >= 0.6 is 0 Å². The molecule has 0 atom stereocenters. The van der Waals surface area contributed by atoms with Crippen LogP contribution in [0.5, 0.6) is 5.75 Å². The number of benzene rings is 2. The van der Waals surface area contributed by atoms with Gasteiger partial charge in [-0.15, -0.1) is 0 Å². The Kier molecular flexibility index (Phi) is 6.51. The van der Waals surface area contributed by atoms with Gasteiger partial charge in [0.2, 0.25) is 5.95 Å². The van der Waals surface area contributed by atoms with E-state index in [4.69, 9.17) is 14.7 Å². The molecule has 9 nitrogen and oxygen atoms in total. The predicted octanol–water partition coefficient (Wildman–Crippen LogP) is 4.61. The molecule has 1 saturated heterocycles. The second-order valence-corrected chi connectivity index (χ2v) is 9.92. The Balaban J connectivity index is 1.25. The van der Waals surface area contributed by atoms with Crippen LogP contribution in [0.2, 0.25) is 0 Å². The molecular formula is C29H34N8O. The van der Waals surface area contributed by atoms with E-state index in [1.54, 1.807) is 7.11 Å². The molecule has 4 heterocycles. The maximum atomic E-state index is 5.42. The standard InChI is InChI=1S/C29H34N8O/c1-35-13-15-37(16-14-35)28-18-27(32-25-5-4-6-26-22(25)10-12-36(26)2)33-29(34-28)30-11-9-20-19-31-24-8-7-21(38-3)17-23(20)24/h4-8,10,12,17-19,31H,9,11,13-16H2,1-3H3,(H2,30,32,33,34). The number of anilines is 4. The molecule has 2 aromatic carbocycles. The molecule has 1 fully saturated rings. The van der Waals surface area contributed by atoms with Crippen molar-refractivity contribution >= 4 is 45.1 Å². The number of nitrogens with one attached hydrogen (secondary N) is 3. The zero-order chi connectivity index (χ0) is 26.1. The SMILES string of the molecule is COc1ccc2[nH]cc(CCNc3nc(Nc4cccc5c4ccn5C)cc(N4CCN(C)CC4)n3)c2c1. The van der Waals surface area contributed by atoms with Gasteiger partial charge in [0, 0.05) is 85.7 Å². The summed E-state index contributed by atoms with van der Waals surface area (Å²) in [4.78, 5) is 17.8. The van der Waals surface area contributed by atoms with Gasteiger partial charge in [-0.2, -0.15) is 9.97 Å². The molecule has 5 aromatic rings. The number of hydrogen-bond donors (Lipinski definition) is 3. The second-order valence-electron chi connectivity index (χ2n) is 9.92. The second kappa shape index (κ2) is 10.3. The Hall–Kier alpha value is -4.24. The number of nitrogens with zero attached hydrogens (tertiary/aromatic N) is 5. The van der Waals surface area contributed by atoms with Gasteiger partial charge in [0.25, 0.3) is 0 Å². The fraction of sp³-hybridized carbons (Fsp3) is 0.310. The summed E-state index contributed by atoms with van der Waals surface area (Å²) in [5, 5.41) is 9.40. The summed E-state index contributed by atoms with van der Waals surface area (Å²) >= 11 is 0. The number of ether oxygens (including phenoxy) is 1. The van der Waals surface area contributed by atoms with Crippen LogP contribution in [0.15, 0.2) is 60.9 Å². The maximum Gasteiger partial charge on any atom is 0.226 e. The first kappa shape index (κ1) is 24.1. The minimum absolute atomic E-state index is 0.626. The number of methoxy groups -OCH3 is 1. The van der Waals surface area contributed by atoms with E-state index < -0.39 is 0 Å². The number of aromatic amines is 1. The molecule has 0 spiro atoms. The minimum Gasteiger partial charge on any atom is -0.497 e. The maximum absolute atomic E-state index is 5.42. The van der Waals surface area contributed by atoms with E-state index in [2.05, 4.69) is 98.9 Å². The molecule has 0 radical (unpaired) electrons. The topological polar surface area (TPSA) is 86.3 Å². The third-order valence-electron chi connectivity index (χ3n) is 7.38. The Morgan fingerprint density at radius 2 is 1.84 bits per heavy atom. The first-order chi connectivity index (χ1) is 18.6. The smallest absolute Gasteiger partial charge is 0.226 e. The van der Waals surface area contributed by atoms with Crippen molar-refractivity contribution in [3.8, 4) is 5.75 Å². The molecule has 38 heavy (non-hydrogen) atoms. The van der Waals surface area contributed by atoms with Crippen LogP contribution in [0.1, 0.15) is 5.56 Å². The van der Waals surface area contributed by atoms with Crippen LogP contribution in [0.25, 0.3) is 21.8 Å². The Bertz CT molecular complexity index is 1560. The molecule has 9 heteroatoms. The molecule has 3 aromatic heterocycles. The summed E-state index contributed by atoms with van der Waals surface area (Å²) < 4.78 is 7.55. The molecular weight excluding hydrogens is 476 g/mol. The van der Waals surface area contributed by atoms with Crippen LogP contribution in [-0.4, -0.2) is 71.3 Å². The molecule has 0 aliphatic carbocycles. The number of rotatable bonds is 8. The molecule has 1 aliphatic heterocycles. The number of likely N-dealkylation sites (N-methyl/N-ethyl adjacent to an activating group) is 1. The van der Waals surface area contributed by atoms with Crippen LogP contribution in [0.3, 0.4) is 0 Å². The van der Waals surface area contributed by atoms with Crippen molar-refractivity contribution in [2.75, 3.05) is 62.4 Å². The largest absolute Gasteiger partial charge is 0.497 e. The Labute approximate surface area is 222 Å². The van der Waals surface area contributed by atoms with Gasteiger partial charge in [-0.1, -0.05) is 6.07 Å². The highest BCUT2D eigenvalue weighted by Gasteiger charge is 2.18. The van der Waals surface area contributed by atoms with Crippen LogP contribution in [0, 0.1) is 0 Å². The Morgan fingerprint density at radius 3 is 2.68 bits per heavy atom. The molecule has 0 bridgehead atoms. The summed E-state index contributed by atoms with van der Waals surface area (Å²) in [7, 11) is 5.93. The van der Waals surface area contributed by atoms with E-state index in [0.717, 1.165) is 61.2 Å². The third-order valence-corrected chi connectivity index (χ3v) is 7.38. The van der Waals surface area contributed by atoms with E-state index in [-0.39, 0.29) is 0 Å². The number of aryl methyl sites for hydroxylation is 1. The lowest BCUT2D eigenvalue weighted by atomic mass is 10.1. The number of hydrogen-bond acceptors (Lipinski definition) is 7. The number of fused-ring (bicyclic) bond motifs is 2. The minimum atomic E-state index is 0.626. The van der Waals surface area contributed by atoms with Crippen molar-refractivity contribution < 1.29 is 4.74 Å². The molecule has 6 rings (SSSR count). The highest BCUT2D eigenvalue weighted by atomic mass is 16.5. The van der Waals surface area contributed by atoms with Gasteiger partial charge >= 0.3 is 0 Å². The van der Waals surface area contributed by atoms with Crippen molar-refractivity contribution in [1.29, 1.82) is 0 Å². The fourth-order valence-electron chi connectivity index (χ4n) is 5.12. The summed E-state index contributed by atoms with van der Waals surface area (Å²) in [6, 6.07) is 16.6. The van der Waals surface area contributed by atoms with Crippen molar-refractivity contribution in [3.63, 3.8) is 0 Å². The third kappa shape index (κ3) is 4.84.